The zero-order chi connectivity index (χ0) is 13.9. The minimum absolute atomic E-state index is 0.00273. The fraction of sp³-hybridized carbons (Fsp3) is 0.833. The van der Waals surface area contributed by atoms with Crippen molar-refractivity contribution in [2.45, 2.75) is 39.0 Å². The molecule has 0 aromatic carbocycles. The van der Waals surface area contributed by atoms with Gasteiger partial charge in [0.25, 0.3) is 0 Å². The number of alkyl halides is 1. The van der Waals surface area contributed by atoms with E-state index in [0.717, 1.165) is 0 Å². The van der Waals surface area contributed by atoms with E-state index in [1.165, 1.54) is 12.0 Å². The van der Waals surface area contributed by atoms with Gasteiger partial charge in [0.1, 0.15) is 17.7 Å². The molecule has 104 valence electrons. The van der Waals surface area contributed by atoms with E-state index in [0.29, 0.717) is 0 Å². The summed E-state index contributed by atoms with van der Waals surface area (Å²) in [7, 11) is 1.21. The minimum atomic E-state index is -1.27. The van der Waals surface area contributed by atoms with Crippen molar-refractivity contribution in [3.8, 4) is 0 Å². The number of carbonyl (C=O) groups excluding carboxylic acids is 2. The van der Waals surface area contributed by atoms with Crippen LogP contribution in [0.4, 0.5) is 9.18 Å². The minimum Gasteiger partial charge on any atom is -0.469 e. The highest BCUT2D eigenvalue weighted by Gasteiger charge is 2.38. The Balaban J connectivity index is 2.64. The van der Waals surface area contributed by atoms with Gasteiger partial charge >= 0.3 is 12.1 Å². The number of hydrogen-bond donors (Lipinski definition) is 0. The lowest BCUT2D eigenvalue weighted by atomic mass is 9.96. The molecule has 18 heavy (non-hydrogen) atoms. The molecule has 1 saturated heterocycles. The molecule has 0 spiro atoms. The average Bonchev–Trinajstić information content (AvgIpc) is 2.26. The largest absolute Gasteiger partial charge is 0.469 e. The molecule has 1 heterocycles. The van der Waals surface area contributed by atoms with Crippen LogP contribution in [-0.4, -0.2) is 48.9 Å². The first kappa shape index (κ1) is 14.7. The molecule has 1 fully saturated rings. The Morgan fingerprint density at radius 2 is 1.94 bits per heavy atom. The maximum absolute atomic E-state index is 13.6. The number of hydrogen-bond acceptors (Lipinski definition) is 4. The monoisotopic (exact) mass is 261 g/mol. The van der Waals surface area contributed by atoms with Gasteiger partial charge < -0.3 is 14.4 Å². The number of nitrogens with zero attached hydrogens (tertiary/aromatic N) is 1. The van der Waals surface area contributed by atoms with Crippen LogP contribution in [0.3, 0.4) is 0 Å². The van der Waals surface area contributed by atoms with E-state index in [1.807, 2.05) is 0 Å². The Hall–Kier alpha value is -1.33. The van der Waals surface area contributed by atoms with E-state index >= 15 is 0 Å². The molecule has 0 bridgehead atoms. The molecule has 0 N–H and O–H groups in total. The average molecular weight is 261 g/mol. The summed E-state index contributed by atoms with van der Waals surface area (Å²) in [6, 6.07) is 0. The molecule has 0 radical (unpaired) electrons. The van der Waals surface area contributed by atoms with Gasteiger partial charge in [-0.25, -0.2) is 9.18 Å². The van der Waals surface area contributed by atoms with Crippen LogP contribution >= 0.6 is 0 Å². The Morgan fingerprint density at radius 1 is 1.33 bits per heavy atom. The number of halogens is 1. The number of amides is 1. The molecular formula is C12H20FNO4. The molecule has 0 aromatic rings. The quantitative estimate of drug-likeness (QED) is 0.675. The highest BCUT2D eigenvalue weighted by atomic mass is 19.1. The summed E-state index contributed by atoms with van der Waals surface area (Å²) in [6.45, 7) is 5.52. The molecule has 1 aliphatic heterocycles. The van der Waals surface area contributed by atoms with Crippen LogP contribution in [0.2, 0.25) is 0 Å². The van der Waals surface area contributed by atoms with Crippen LogP contribution in [0.5, 0.6) is 0 Å². The Morgan fingerprint density at radius 3 is 2.44 bits per heavy atom. The van der Waals surface area contributed by atoms with Crippen molar-refractivity contribution in [1.82, 2.24) is 4.90 Å². The third kappa shape index (κ3) is 3.85. The standard InChI is InChI=1S/C12H20FNO4/c1-12(2,3)18-11(16)14-6-5-9(13)8(7-14)10(15)17-4/h8-9H,5-7H2,1-4H3. The molecule has 2 unspecified atom stereocenters. The third-order valence-corrected chi connectivity index (χ3v) is 2.68. The van der Waals surface area contributed by atoms with Crippen LogP contribution in [0, 0.1) is 5.92 Å². The van der Waals surface area contributed by atoms with Gasteiger partial charge in [-0.3, -0.25) is 4.79 Å². The molecule has 0 aliphatic carbocycles. The van der Waals surface area contributed by atoms with Gasteiger partial charge in [-0.05, 0) is 27.2 Å². The summed E-state index contributed by atoms with van der Waals surface area (Å²) < 4.78 is 23.3. The van der Waals surface area contributed by atoms with E-state index in [-0.39, 0.29) is 19.5 Å². The third-order valence-electron chi connectivity index (χ3n) is 2.68. The van der Waals surface area contributed by atoms with Crippen LogP contribution in [0.15, 0.2) is 0 Å². The van der Waals surface area contributed by atoms with E-state index in [2.05, 4.69) is 4.74 Å². The van der Waals surface area contributed by atoms with E-state index < -0.39 is 29.8 Å². The second-order valence-corrected chi connectivity index (χ2v) is 5.36. The summed E-state index contributed by atoms with van der Waals surface area (Å²) in [5.41, 5.74) is -0.607. The van der Waals surface area contributed by atoms with Crippen LogP contribution in [0.25, 0.3) is 0 Å². The maximum atomic E-state index is 13.6. The Bertz CT molecular complexity index is 327. The lowest BCUT2D eigenvalue weighted by Crippen LogP contribution is -2.49. The lowest BCUT2D eigenvalue weighted by Gasteiger charge is -2.34. The molecular weight excluding hydrogens is 241 g/mol. The van der Waals surface area contributed by atoms with Crippen molar-refractivity contribution in [3.05, 3.63) is 0 Å². The van der Waals surface area contributed by atoms with Gasteiger partial charge in [0.2, 0.25) is 0 Å². The number of likely N-dealkylation sites (tertiary alicyclic amines) is 1. The first-order valence-corrected chi connectivity index (χ1v) is 5.94. The number of esters is 1. The van der Waals surface area contributed by atoms with Crippen LogP contribution < -0.4 is 0 Å². The zero-order valence-corrected chi connectivity index (χ0v) is 11.2. The first-order chi connectivity index (χ1) is 8.24. The smallest absolute Gasteiger partial charge is 0.410 e. The van der Waals surface area contributed by atoms with Gasteiger partial charge in [-0.1, -0.05) is 0 Å². The van der Waals surface area contributed by atoms with Gasteiger partial charge in [-0.15, -0.1) is 0 Å². The molecule has 5 nitrogen and oxygen atoms in total. The van der Waals surface area contributed by atoms with Crippen LogP contribution in [0.1, 0.15) is 27.2 Å². The van der Waals surface area contributed by atoms with Gasteiger partial charge in [0, 0.05) is 13.1 Å². The van der Waals surface area contributed by atoms with Crippen LogP contribution in [-0.2, 0) is 14.3 Å². The number of methoxy groups -OCH3 is 1. The summed E-state index contributed by atoms with van der Waals surface area (Å²) in [6.07, 6.45) is -1.67. The molecule has 6 heteroatoms. The van der Waals surface area contributed by atoms with Crippen molar-refractivity contribution >= 4 is 12.1 Å². The number of carbonyl (C=O) groups is 2. The van der Waals surface area contributed by atoms with Gasteiger partial charge in [0.15, 0.2) is 0 Å². The lowest BCUT2D eigenvalue weighted by molar-refractivity contribution is -0.149. The van der Waals surface area contributed by atoms with Crippen molar-refractivity contribution in [2.75, 3.05) is 20.2 Å². The predicted octanol–water partition coefficient (Wildman–Crippen LogP) is 1.75. The summed E-state index contributed by atoms with van der Waals surface area (Å²) in [5, 5.41) is 0. The van der Waals surface area contributed by atoms with E-state index in [4.69, 9.17) is 4.74 Å². The molecule has 1 amide bonds. The fourth-order valence-corrected chi connectivity index (χ4v) is 1.79. The molecule has 0 aromatic heterocycles. The summed E-state index contributed by atoms with van der Waals surface area (Å²) in [4.78, 5) is 24.5. The van der Waals surface area contributed by atoms with Crippen molar-refractivity contribution in [3.63, 3.8) is 0 Å². The SMILES string of the molecule is COC(=O)C1CN(C(=O)OC(C)(C)C)CCC1F. The molecule has 1 aliphatic rings. The number of piperidine rings is 1. The second-order valence-electron chi connectivity index (χ2n) is 5.36. The Labute approximate surface area is 106 Å². The van der Waals surface area contributed by atoms with Crippen molar-refractivity contribution < 1.29 is 23.5 Å². The highest BCUT2D eigenvalue weighted by Crippen LogP contribution is 2.23. The topological polar surface area (TPSA) is 55.8 Å². The first-order valence-electron chi connectivity index (χ1n) is 5.94. The molecule has 0 saturated carbocycles. The van der Waals surface area contributed by atoms with E-state index in [9.17, 15) is 14.0 Å². The van der Waals surface area contributed by atoms with E-state index in [1.54, 1.807) is 20.8 Å². The normalized spacial score (nSPS) is 24.6. The van der Waals surface area contributed by atoms with Crippen molar-refractivity contribution in [2.24, 2.45) is 5.92 Å². The highest BCUT2D eigenvalue weighted by molar-refractivity contribution is 5.75. The predicted molar refractivity (Wildman–Crippen MR) is 62.8 cm³/mol. The van der Waals surface area contributed by atoms with Crippen molar-refractivity contribution in [1.29, 1.82) is 0 Å². The maximum Gasteiger partial charge on any atom is 0.410 e. The molecule has 2 atom stereocenters. The number of ether oxygens (including phenoxy) is 2. The fourth-order valence-electron chi connectivity index (χ4n) is 1.79. The Kier molecular flexibility index (Phi) is 4.53. The number of rotatable bonds is 1. The summed E-state index contributed by atoms with van der Waals surface area (Å²) >= 11 is 0. The van der Waals surface area contributed by atoms with Gasteiger partial charge in [-0.2, -0.15) is 0 Å². The van der Waals surface area contributed by atoms with Gasteiger partial charge in [0.05, 0.1) is 7.11 Å². The second kappa shape index (κ2) is 5.54. The zero-order valence-electron chi connectivity index (χ0n) is 11.2. The summed E-state index contributed by atoms with van der Waals surface area (Å²) in [5.74, 6) is -1.55. The molecule has 1 rings (SSSR count).